The van der Waals surface area contributed by atoms with Crippen molar-refractivity contribution in [1.82, 2.24) is 14.1 Å². The summed E-state index contributed by atoms with van der Waals surface area (Å²) in [5.74, 6) is 0. The number of para-hydroxylation sites is 4. The van der Waals surface area contributed by atoms with Gasteiger partial charge in [-0.2, -0.15) is 10.5 Å². The molecule has 3 aromatic heterocycles. The van der Waals surface area contributed by atoms with Crippen molar-refractivity contribution >= 4 is 43.6 Å². The molecule has 0 radical (unpaired) electrons. The second kappa shape index (κ2) is 17.8. The van der Waals surface area contributed by atoms with Crippen LogP contribution < -0.4 is 0 Å². The number of fused-ring (bicyclic) bond motifs is 6. The Kier molecular flexibility index (Phi) is 11.0. The van der Waals surface area contributed by atoms with Crippen LogP contribution in [-0.2, 0) is 10.8 Å². The zero-order valence-corrected chi connectivity index (χ0v) is 42.4. The number of rotatable bonds is 7. The van der Waals surface area contributed by atoms with Crippen molar-refractivity contribution in [2.24, 2.45) is 0 Å². The fourth-order valence-electron chi connectivity index (χ4n) is 11.1. The van der Waals surface area contributed by atoms with Crippen molar-refractivity contribution in [3.05, 3.63) is 235 Å². The lowest BCUT2D eigenvalue weighted by Crippen LogP contribution is -2.10. The number of nitrogens with zero attached hydrogens (tertiary/aromatic N) is 5. The first-order valence-electron chi connectivity index (χ1n) is 25.3. The molecule has 0 bridgehead atoms. The molecule has 74 heavy (non-hydrogen) atoms. The van der Waals surface area contributed by atoms with Gasteiger partial charge in [0, 0.05) is 54.9 Å². The zero-order chi connectivity index (χ0) is 50.9. The van der Waals surface area contributed by atoms with E-state index in [0.717, 1.165) is 89.3 Å². The van der Waals surface area contributed by atoms with Gasteiger partial charge >= 0.3 is 0 Å². The third-order valence-corrected chi connectivity index (χ3v) is 14.7. The van der Waals surface area contributed by atoms with E-state index in [1.165, 1.54) is 32.7 Å². The standard InChI is InChI=1S/C69H53N5/c1-68(2,3)49-35-37-61-55(40-49)51-25-13-17-29-57(51)73(61)59-31-19-15-27-53(59)65-63(46-33-34-47(42-70)48(39-46)43-71)64(44-21-9-7-10-22-44)67(72-66(65)45-23-11-8-12-24-45)54-28-16-20-32-60(54)74-58-30-18-14-26-52(58)56-41-50(69(4,5)6)36-38-62(56)74/h7-41H,1-6H3. The molecule has 0 atom stereocenters. The lowest BCUT2D eigenvalue weighted by Gasteiger charge is -2.26. The smallest absolute Gasteiger partial charge is 0.101 e. The average molecular weight is 952 g/mol. The molecule has 0 aliphatic carbocycles. The summed E-state index contributed by atoms with van der Waals surface area (Å²) in [6, 6.07) is 79.9. The van der Waals surface area contributed by atoms with Gasteiger partial charge in [0.15, 0.2) is 0 Å². The van der Waals surface area contributed by atoms with Gasteiger partial charge in [0.25, 0.3) is 0 Å². The van der Waals surface area contributed by atoms with Crippen LogP contribution in [0, 0.1) is 22.7 Å². The fraction of sp³-hybridized carbons (Fsp3) is 0.116. The molecule has 3 heterocycles. The summed E-state index contributed by atoms with van der Waals surface area (Å²) >= 11 is 0. The molecule has 0 unspecified atom stereocenters. The molecule has 9 aromatic carbocycles. The molecule has 354 valence electrons. The van der Waals surface area contributed by atoms with Gasteiger partial charge in [0.2, 0.25) is 0 Å². The van der Waals surface area contributed by atoms with Gasteiger partial charge in [-0.15, -0.1) is 0 Å². The molecule has 0 saturated carbocycles. The quantitative estimate of drug-likeness (QED) is 0.160. The second-order valence-electron chi connectivity index (χ2n) is 21.4. The van der Waals surface area contributed by atoms with E-state index in [4.69, 9.17) is 4.98 Å². The van der Waals surface area contributed by atoms with Gasteiger partial charge in [-0.05, 0) is 93.7 Å². The predicted molar refractivity (Wildman–Crippen MR) is 307 cm³/mol. The number of benzene rings is 9. The lowest BCUT2D eigenvalue weighted by molar-refractivity contribution is 0.591. The van der Waals surface area contributed by atoms with Crippen LogP contribution in [0.3, 0.4) is 0 Å². The van der Waals surface area contributed by atoms with Gasteiger partial charge in [-0.1, -0.05) is 193 Å². The normalized spacial score (nSPS) is 11.9. The van der Waals surface area contributed by atoms with Crippen molar-refractivity contribution in [2.45, 2.75) is 52.4 Å². The van der Waals surface area contributed by atoms with Crippen LogP contribution in [0.5, 0.6) is 0 Å². The minimum Gasteiger partial charge on any atom is -0.309 e. The Balaban J connectivity index is 1.26. The molecular weight excluding hydrogens is 899 g/mol. The third-order valence-electron chi connectivity index (χ3n) is 14.7. The van der Waals surface area contributed by atoms with Gasteiger partial charge in [-0.3, -0.25) is 0 Å². The molecule has 0 N–H and O–H groups in total. The van der Waals surface area contributed by atoms with Gasteiger partial charge in [0.05, 0.1) is 56.0 Å². The Bertz CT molecular complexity index is 4280. The number of nitriles is 2. The monoisotopic (exact) mass is 951 g/mol. The predicted octanol–water partition coefficient (Wildman–Crippen LogP) is 17.9. The topological polar surface area (TPSA) is 70.3 Å². The lowest BCUT2D eigenvalue weighted by atomic mass is 9.82. The Morgan fingerprint density at radius 1 is 0.351 bits per heavy atom. The Hall–Kier alpha value is -9.29. The molecular formula is C69H53N5. The molecule has 0 amide bonds. The molecule has 0 spiro atoms. The first-order valence-corrected chi connectivity index (χ1v) is 25.3. The first-order chi connectivity index (χ1) is 35.9. The van der Waals surface area contributed by atoms with Crippen LogP contribution in [0.2, 0.25) is 0 Å². The van der Waals surface area contributed by atoms with E-state index >= 15 is 0 Å². The number of hydrogen-bond donors (Lipinski definition) is 0. The van der Waals surface area contributed by atoms with Crippen LogP contribution in [-0.4, -0.2) is 14.1 Å². The molecule has 0 saturated heterocycles. The molecule has 5 nitrogen and oxygen atoms in total. The van der Waals surface area contributed by atoms with E-state index in [1.807, 2.05) is 24.3 Å². The molecule has 0 fully saturated rings. The highest BCUT2D eigenvalue weighted by molar-refractivity contribution is 6.13. The van der Waals surface area contributed by atoms with E-state index in [2.05, 4.69) is 245 Å². The van der Waals surface area contributed by atoms with E-state index in [0.29, 0.717) is 11.1 Å². The molecule has 12 rings (SSSR count). The number of hydrogen-bond acceptors (Lipinski definition) is 3. The van der Waals surface area contributed by atoms with E-state index in [9.17, 15) is 10.5 Å². The summed E-state index contributed by atoms with van der Waals surface area (Å²) in [7, 11) is 0. The maximum absolute atomic E-state index is 10.8. The Morgan fingerprint density at radius 2 is 0.811 bits per heavy atom. The molecule has 0 aliphatic heterocycles. The van der Waals surface area contributed by atoms with Crippen LogP contribution in [0.4, 0.5) is 0 Å². The first kappa shape index (κ1) is 45.8. The second-order valence-corrected chi connectivity index (χ2v) is 21.4. The highest BCUT2D eigenvalue weighted by Gasteiger charge is 2.30. The zero-order valence-electron chi connectivity index (χ0n) is 42.4. The van der Waals surface area contributed by atoms with Crippen molar-refractivity contribution in [3.63, 3.8) is 0 Å². The molecule has 5 heteroatoms. The summed E-state index contributed by atoms with van der Waals surface area (Å²) in [5, 5.41) is 25.8. The minimum atomic E-state index is -0.0463. The van der Waals surface area contributed by atoms with E-state index < -0.39 is 0 Å². The van der Waals surface area contributed by atoms with Crippen molar-refractivity contribution < 1.29 is 0 Å². The molecule has 0 aliphatic rings. The van der Waals surface area contributed by atoms with Gasteiger partial charge in [-0.25, -0.2) is 4.98 Å². The average Bonchev–Trinajstić information content (AvgIpc) is 3.95. The van der Waals surface area contributed by atoms with Crippen LogP contribution in [0.25, 0.3) is 111 Å². The summed E-state index contributed by atoms with van der Waals surface area (Å²) in [6.07, 6.45) is 0. The van der Waals surface area contributed by atoms with Gasteiger partial charge < -0.3 is 9.13 Å². The Morgan fingerprint density at radius 3 is 1.35 bits per heavy atom. The van der Waals surface area contributed by atoms with Crippen LogP contribution >= 0.6 is 0 Å². The summed E-state index contributed by atoms with van der Waals surface area (Å²) in [5.41, 5.74) is 18.4. The van der Waals surface area contributed by atoms with Gasteiger partial charge in [0.1, 0.15) is 12.1 Å². The maximum Gasteiger partial charge on any atom is 0.101 e. The largest absolute Gasteiger partial charge is 0.309 e. The van der Waals surface area contributed by atoms with Crippen molar-refractivity contribution in [3.8, 4) is 79.4 Å². The highest BCUT2D eigenvalue weighted by atomic mass is 15.0. The van der Waals surface area contributed by atoms with Crippen LogP contribution in [0.15, 0.2) is 212 Å². The van der Waals surface area contributed by atoms with Crippen molar-refractivity contribution in [1.29, 1.82) is 10.5 Å². The van der Waals surface area contributed by atoms with E-state index in [1.54, 1.807) is 6.07 Å². The summed E-state index contributed by atoms with van der Waals surface area (Å²) < 4.78 is 4.81. The number of pyridine rings is 1. The van der Waals surface area contributed by atoms with E-state index in [-0.39, 0.29) is 10.8 Å². The third kappa shape index (κ3) is 7.56. The minimum absolute atomic E-state index is 0.0391. The van der Waals surface area contributed by atoms with Crippen molar-refractivity contribution in [2.75, 3.05) is 0 Å². The fourth-order valence-corrected chi connectivity index (χ4v) is 11.1. The van der Waals surface area contributed by atoms with Crippen LogP contribution in [0.1, 0.15) is 63.8 Å². The molecule has 12 aromatic rings. The number of aromatic nitrogens is 3. The maximum atomic E-state index is 10.8. The SMILES string of the molecule is CC(C)(C)c1ccc2c(c1)c1ccccc1n2-c1ccccc1-c1nc(-c2ccccc2)c(-c2ccccc2-n2c3ccccc3c3cc(C(C)(C)C)ccc32)c(-c2ccc(C#N)c(C#N)c2)c1-c1ccccc1. The Labute approximate surface area is 432 Å². The summed E-state index contributed by atoms with van der Waals surface area (Å²) in [6.45, 7) is 13.6. The highest BCUT2D eigenvalue weighted by Crippen LogP contribution is 2.52. The summed E-state index contributed by atoms with van der Waals surface area (Å²) in [4.78, 5) is 6.05.